The molecule has 0 fully saturated rings. The first-order chi connectivity index (χ1) is 62.4. The summed E-state index contributed by atoms with van der Waals surface area (Å²) in [5, 5.41) is 69.2. The van der Waals surface area contributed by atoms with Gasteiger partial charge in [0.1, 0.15) is 109 Å². The number of aryl methyl sites for hydroxylation is 5. The number of hydrogen-bond acceptors (Lipinski definition) is 24. The van der Waals surface area contributed by atoms with Gasteiger partial charge in [-0.25, -0.2) is 102 Å². The molecule has 0 amide bonds. The predicted molar refractivity (Wildman–Crippen MR) is 453 cm³/mol. The fourth-order valence-electron chi connectivity index (χ4n) is 13.4. The predicted octanol–water partition coefficient (Wildman–Crippen LogP) is 12.6. The number of Topliss-reactive ketones (excluding diaryl/α,β-unsaturated/α-hetero) is 1. The van der Waals surface area contributed by atoms with Crippen molar-refractivity contribution in [1.82, 2.24) is 122 Å². The van der Waals surface area contributed by atoms with Crippen molar-refractivity contribution in [3.05, 3.63) is 295 Å². The molecule has 0 aliphatic carbocycles. The number of benzene rings is 5. The normalized spacial score (nSPS) is 11.7. The van der Waals surface area contributed by atoms with Crippen molar-refractivity contribution in [1.29, 1.82) is 0 Å². The van der Waals surface area contributed by atoms with E-state index in [9.17, 15) is 58.6 Å². The van der Waals surface area contributed by atoms with E-state index in [1.54, 1.807) is 101 Å². The van der Waals surface area contributed by atoms with Gasteiger partial charge in [-0.3, -0.25) is 28.3 Å². The molecule has 5 N–H and O–H groups in total. The Hall–Kier alpha value is -14.7. The van der Waals surface area contributed by atoms with Gasteiger partial charge in [-0.2, -0.15) is 45.9 Å². The molecule has 15 aromatic heterocycles. The highest BCUT2D eigenvalue weighted by molar-refractivity contribution is 6.30. The summed E-state index contributed by atoms with van der Waals surface area (Å²) < 4.78 is 157. The molecule has 47 heteroatoms. The van der Waals surface area contributed by atoms with Crippen LogP contribution in [-0.4, -0.2) is 181 Å². The highest BCUT2D eigenvalue weighted by Gasteiger charge is 2.28. The van der Waals surface area contributed by atoms with Crippen molar-refractivity contribution < 1.29 is 78.5 Å². The van der Waals surface area contributed by atoms with Crippen LogP contribution in [-0.2, 0) is 64.2 Å². The van der Waals surface area contributed by atoms with Crippen LogP contribution in [0.25, 0.3) is 82.9 Å². The smallest absolute Gasteiger partial charge is 0.179 e. The summed E-state index contributed by atoms with van der Waals surface area (Å²) in [6.45, 7) is 3.26. The lowest BCUT2D eigenvalue weighted by molar-refractivity contribution is 0.0938. The van der Waals surface area contributed by atoms with Gasteiger partial charge in [-0.1, -0.05) is 40.0 Å². The van der Waals surface area contributed by atoms with Crippen LogP contribution in [0.1, 0.15) is 91.7 Å². The molecular formula is C83H68Cl3F10N27O7. The third-order valence-corrected chi connectivity index (χ3v) is 20.5. The Morgan fingerprint density at radius 3 is 1.29 bits per heavy atom. The summed E-state index contributed by atoms with van der Waals surface area (Å²) in [4.78, 5) is 55.2. The average molecular weight is 1850 g/mol. The first-order valence-electron chi connectivity index (χ1n) is 38.3. The number of ketones is 1. The van der Waals surface area contributed by atoms with Gasteiger partial charge in [0, 0.05) is 108 Å². The van der Waals surface area contributed by atoms with Crippen LogP contribution < -0.4 is 5.90 Å². The molecule has 0 aliphatic rings. The van der Waals surface area contributed by atoms with E-state index in [0.29, 0.717) is 101 Å². The van der Waals surface area contributed by atoms with E-state index in [2.05, 4.69) is 91.7 Å². The molecular weight excluding hydrogens is 1780 g/mol. The van der Waals surface area contributed by atoms with Crippen LogP contribution >= 0.6 is 34.8 Å². The second-order valence-corrected chi connectivity index (χ2v) is 29.4. The molecule has 20 aromatic rings. The number of imidazole rings is 6. The van der Waals surface area contributed by atoms with Crippen molar-refractivity contribution in [3.63, 3.8) is 0 Å². The molecule has 20 rings (SSSR count). The molecule has 0 bridgehead atoms. The number of halogens is 13. The van der Waals surface area contributed by atoms with Gasteiger partial charge in [0.05, 0.1) is 159 Å². The molecule has 1 atom stereocenters. The van der Waals surface area contributed by atoms with Crippen molar-refractivity contribution >= 4 is 135 Å². The van der Waals surface area contributed by atoms with E-state index in [1.165, 1.54) is 141 Å². The van der Waals surface area contributed by atoms with E-state index in [1.807, 2.05) is 0 Å². The van der Waals surface area contributed by atoms with Crippen molar-refractivity contribution in [3.8, 4) is 0 Å². The number of oxime groups is 1. The van der Waals surface area contributed by atoms with Gasteiger partial charge < -0.3 is 29.6 Å². The third kappa shape index (κ3) is 19.1. The van der Waals surface area contributed by atoms with Gasteiger partial charge in [-0.15, -0.1) is 0 Å². The van der Waals surface area contributed by atoms with Gasteiger partial charge in [0.25, 0.3) is 0 Å². The zero-order valence-electron chi connectivity index (χ0n) is 68.7. The minimum absolute atomic E-state index is 0.00347. The summed E-state index contributed by atoms with van der Waals surface area (Å²) in [6, 6.07) is 23.4. The van der Waals surface area contributed by atoms with Crippen LogP contribution in [0.2, 0.25) is 15.5 Å². The third-order valence-electron chi connectivity index (χ3n) is 19.9. The van der Waals surface area contributed by atoms with Gasteiger partial charge in [-0.05, 0) is 73.7 Å². The zero-order chi connectivity index (χ0) is 92.8. The van der Waals surface area contributed by atoms with Crippen molar-refractivity contribution in [2.75, 3.05) is 26.4 Å². The van der Waals surface area contributed by atoms with E-state index in [-0.39, 0.29) is 117 Å². The number of aldehydes is 1. The highest BCUT2D eigenvalue weighted by atomic mass is 35.5. The monoisotopic (exact) mass is 1850 g/mol. The maximum Gasteiger partial charge on any atom is 0.179 e. The average Bonchev–Trinajstić information content (AvgIpc) is 1.59. The molecule has 15 heterocycles. The first kappa shape index (κ1) is 91.5. The molecule has 0 saturated carbocycles. The molecule has 130 heavy (non-hydrogen) atoms. The van der Waals surface area contributed by atoms with E-state index in [0.717, 1.165) is 12.1 Å². The Bertz CT molecular complexity index is 7690. The number of aliphatic hydroxyl groups is 3. The second-order valence-electron chi connectivity index (χ2n) is 28.3. The van der Waals surface area contributed by atoms with Gasteiger partial charge >= 0.3 is 0 Å². The lowest BCUT2D eigenvalue weighted by Crippen LogP contribution is -2.10. The molecule has 668 valence electrons. The lowest BCUT2D eigenvalue weighted by Gasteiger charge is -2.13. The van der Waals surface area contributed by atoms with Crippen LogP contribution in [0.3, 0.4) is 0 Å². The fourth-order valence-corrected chi connectivity index (χ4v) is 13.8. The molecule has 0 saturated heterocycles. The molecule has 1 unspecified atom stereocenters. The molecule has 5 aromatic carbocycles. The van der Waals surface area contributed by atoms with Crippen LogP contribution in [0.5, 0.6) is 0 Å². The number of rotatable bonds is 16. The summed E-state index contributed by atoms with van der Waals surface area (Å²) in [5.41, 5.74) is 7.38. The lowest BCUT2D eigenvalue weighted by atomic mass is 10.0. The van der Waals surface area contributed by atoms with Gasteiger partial charge in [0.2, 0.25) is 0 Å². The summed E-state index contributed by atoms with van der Waals surface area (Å²) in [6.07, 6.45) is 13.2. The largest absolute Gasteiger partial charge is 0.394 e. The van der Waals surface area contributed by atoms with Crippen LogP contribution in [0.4, 0.5) is 43.9 Å². The second kappa shape index (κ2) is 39.3. The topological polar surface area (TPSA) is 392 Å². The summed E-state index contributed by atoms with van der Waals surface area (Å²) in [7, 11) is 8.16. The Morgan fingerprint density at radius 1 is 0.454 bits per heavy atom. The Labute approximate surface area is 738 Å². The number of fused-ring (bicyclic) bond motifs is 10. The molecule has 0 radical (unpaired) electrons. The SMILES string of the molecule is C/C(=N\OCCO)c1ccc2ncc(Cc3c(F)cc4c(cnn4C)c3F)n2n1.CC(=O)c1ccc2ncc(Cc3c(F)cc4c(cnn4C)c3F)n2n1.Cn1cnc2c(F)cc(F)cc21.Cn1ncc2c(F)c(C(O)c3cnc4ccc(Cl)nn34)c(F)cc21.Cn1ncc2c(F)c(Cc3cnc4ccc(Cl)nn34)c(F)cc21.NOCCO.O=Cc1cnc2ccc(Cl)nn12. The highest BCUT2D eigenvalue weighted by Crippen LogP contribution is 2.34. The van der Waals surface area contributed by atoms with Crippen molar-refractivity contribution in [2.24, 2.45) is 46.3 Å². The molecule has 0 aliphatic heterocycles. The first-order valence-corrected chi connectivity index (χ1v) is 39.4. The fraction of sp³-hybridized carbons (Fsp3) is 0.181. The number of carbonyl (C=O) groups is 2. The van der Waals surface area contributed by atoms with E-state index in [4.69, 9.17) is 49.9 Å². The van der Waals surface area contributed by atoms with Crippen molar-refractivity contribution in [2.45, 2.75) is 39.2 Å². The Kier molecular flexibility index (Phi) is 27.7. The molecule has 34 nitrogen and oxygen atoms in total. The number of aromatic nitrogens is 25. The summed E-state index contributed by atoms with van der Waals surface area (Å²) >= 11 is 17.3. The Morgan fingerprint density at radius 2 is 0.846 bits per heavy atom. The summed E-state index contributed by atoms with van der Waals surface area (Å²) in [5.74, 6) is -2.53. The minimum atomic E-state index is -1.60. The number of nitrogens with zero attached hydrogens (tertiary/aromatic N) is 26. The van der Waals surface area contributed by atoms with Crippen LogP contribution in [0, 0.1) is 58.2 Å². The number of hydrogen-bond donors (Lipinski definition) is 4. The molecule has 0 spiro atoms. The van der Waals surface area contributed by atoms with Crippen LogP contribution in [0.15, 0.2) is 164 Å². The minimum Gasteiger partial charge on any atom is -0.394 e. The maximum atomic E-state index is 14.9. The Balaban J connectivity index is 0.000000127. The van der Waals surface area contributed by atoms with E-state index < -0.39 is 69.8 Å². The maximum absolute atomic E-state index is 14.9. The quantitative estimate of drug-likeness (QED) is 0.0174. The van der Waals surface area contributed by atoms with E-state index >= 15 is 0 Å². The number of carbonyl (C=O) groups excluding carboxylic acids is 2. The number of aliphatic hydroxyl groups excluding tert-OH is 3. The standard InChI is InChI=1S/C19H18F2N6O2.C17H13F2N5O.C15H10ClF2N5O.C15H10ClF2N5.C8H6F2N2.C7H4ClN3O.C2H7NO2/c1-11(25-29-6-5-28)16-3-4-18-22-9-12(27(18)24-16)7-13-15(20)8-17-14(19(13)21)10-23-26(17)2;1-9(25)14-3-4-16-20-7-10(24(16)22-14)5-11-13(18)6-15-12(17(11)19)8-21-23(15)2;1-22-9-4-8(17)13(14(18)7(9)5-20-22)15(24)10-6-19-12-3-2-11(16)21-23(10)12;1-22-12-5-11(17)9(15(18)10(12)7-20-22)4-8-6-19-14-3-2-13(16)21-23(8)14;1-12-4-11-8-6(10)2-5(9)3-7(8)12;8-6-1-2-7-9-3-5(4-12)11(7)10-6;3-5-2-1-4/h3-4,8-10,28H,5-7H2,1-2H3;3-4,6-8H,5H2,1-2H3;2-6,15,24H,1H3;2-3,5-7H,4H2,1H3;2-4H,1H3;1-4H;4H,1-3H2/b25-11+;;;;;;. The van der Waals surface area contributed by atoms with Gasteiger partial charge in [0.15, 0.2) is 46.1 Å². The number of nitrogens with two attached hydrogens (primary N) is 1. The zero-order valence-corrected chi connectivity index (χ0v) is 71.0.